The number of methoxy groups -OCH3 is 1. The van der Waals surface area contributed by atoms with Gasteiger partial charge in [0, 0.05) is 0 Å². The highest BCUT2D eigenvalue weighted by Crippen LogP contribution is 2.29. The predicted molar refractivity (Wildman–Crippen MR) is 98.5 cm³/mol. The molecule has 0 unspecified atom stereocenters. The van der Waals surface area contributed by atoms with Crippen LogP contribution in [-0.4, -0.2) is 11.7 Å². The Balaban J connectivity index is 1.83. The van der Waals surface area contributed by atoms with E-state index >= 15 is 0 Å². The summed E-state index contributed by atoms with van der Waals surface area (Å²) in [7, 11) is 1.61. The van der Waals surface area contributed by atoms with Crippen LogP contribution in [0.3, 0.4) is 0 Å². The van der Waals surface area contributed by atoms with Crippen LogP contribution in [0.1, 0.15) is 5.56 Å². The topological polar surface area (TPSA) is 56.0 Å². The summed E-state index contributed by atoms with van der Waals surface area (Å²) in [4.78, 5) is 12.1. The molecule has 7 heteroatoms. The number of azo groups is 1. The Kier molecular flexibility index (Phi) is 5.12. The van der Waals surface area contributed by atoms with Gasteiger partial charge in [-0.1, -0.05) is 41.7 Å². The molecule has 0 N–H and O–H groups in total. The lowest BCUT2D eigenvalue weighted by Gasteiger charge is -2.03. The summed E-state index contributed by atoms with van der Waals surface area (Å²) in [5.74, 6) is 0.752. The van der Waals surface area contributed by atoms with Crippen molar-refractivity contribution in [2.24, 2.45) is 10.2 Å². The molecule has 0 bridgehead atoms. The minimum absolute atomic E-state index is 0.104. The second kappa shape index (κ2) is 7.46. The monoisotopic (exact) mass is 357 g/mol. The van der Waals surface area contributed by atoms with E-state index in [9.17, 15) is 4.79 Å². The third-order valence-corrected chi connectivity index (χ3v) is 4.83. The summed E-state index contributed by atoms with van der Waals surface area (Å²) in [5.41, 5.74) is 1.71. The summed E-state index contributed by atoms with van der Waals surface area (Å²) in [6, 6.07) is 17.0. The van der Waals surface area contributed by atoms with E-state index in [4.69, 9.17) is 4.74 Å². The van der Waals surface area contributed by atoms with Gasteiger partial charge in [0.25, 0.3) is 0 Å². The number of thiazole rings is 1. The summed E-state index contributed by atoms with van der Waals surface area (Å²) in [6.45, 7) is 0.465. The van der Waals surface area contributed by atoms with Gasteiger partial charge in [0.05, 0.1) is 19.3 Å². The zero-order chi connectivity index (χ0) is 16.9. The fourth-order valence-corrected chi connectivity index (χ4v) is 3.23. The van der Waals surface area contributed by atoms with Crippen molar-refractivity contribution in [2.45, 2.75) is 11.6 Å². The molecule has 122 valence electrons. The van der Waals surface area contributed by atoms with E-state index in [0.29, 0.717) is 22.3 Å². The fourth-order valence-electron chi connectivity index (χ4n) is 2.11. The van der Waals surface area contributed by atoms with E-state index in [-0.39, 0.29) is 4.87 Å². The Morgan fingerprint density at radius 3 is 2.46 bits per heavy atom. The van der Waals surface area contributed by atoms with Crippen molar-refractivity contribution in [3.63, 3.8) is 0 Å². The lowest BCUT2D eigenvalue weighted by molar-refractivity contribution is 0.415. The van der Waals surface area contributed by atoms with Crippen molar-refractivity contribution < 1.29 is 4.74 Å². The van der Waals surface area contributed by atoms with Crippen molar-refractivity contribution >= 4 is 34.7 Å². The van der Waals surface area contributed by atoms with Crippen molar-refractivity contribution in [3.8, 4) is 5.75 Å². The standard InChI is InChI=1S/C17H15N3O2S2/c1-22-14-9-7-13(8-10-14)18-19-15-16(23)20(17(21)24-15)11-12-5-3-2-4-6-12/h2-10,23H,11H2,1H3. The highest BCUT2D eigenvalue weighted by atomic mass is 32.1. The number of hydrogen-bond acceptors (Lipinski definition) is 6. The van der Waals surface area contributed by atoms with E-state index < -0.39 is 0 Å². The van der Waals surface area contributed by atoms with Gasteiger partial charge in [-0.3, -0.25) is 9.36 Å². The van der Waals surface area contributed by atoms with Crippen molar-refractivity contribution in [1.82, 2.24) is 4.57 Å². The Morgan fingerprint density at radius 2 is 1.79 bits per heavy atom. The molecule has 0 saturated carbocycles. The quantitative estimate of drug-likeness (QED) is 0.533. The predicted octanol–water partition coefficient (Wildman–Crippen LogP) is 4.67. The molecule has 5 nitrogen and oxygen atoms in total. The molecule has 0 radical (unpaired) electrons. The Morgan fingerprint density at radius 1 is 1.08 bits per heavy atom. The molecule has 0 aliphatic rings. The molecule has 2 aromatic carbocycles. The van der Waals surface area contributed by atoms with E-state index in [2.05, 4.69) is 22.9 Å². The van der Waals surface area contributed by atoms with E-state index in [1.807, 2.05) is 30.3 Å². The number of benzene rings is 2. The van der Waals surface area contributed by atoms with Gasteiger partial charge in [-0.15, -0.1) is 22.9 Å². The number of ether oxygens (including phenoxy) is 1. The molecule has 1 aromatic heterocycles. The van der Waals surface area contributed by atoms with Crippen LogP contribution in [0, 0.1) is 0 Å². The fraction of sp³-hybridized carbons (Fsp3) is 0.118. The van der Waals surface area contributed by atoms with Crippen LogP contribution in [0.5, 0.6) is 5.75 Å². The zero-order valence-corrected chi connectivity index (χ0v) is 14.6. The first-order valence-corrected chi connectivity index (χ1v) is 8.46. The molecule has 0 fully saturated rings. The van der Waals surface area contributed by atoms with Crippen LogP contribution >= 0.6 is 24.0 Å². The molecule has 0 amide bonds. The number of hydrogen-bond donors (Lipinski definition) is 1. The average molecular weight is 357 g/mol. The zero-order valence-electron chi connectivity index (χ0n) is 12.9. The van der Waals surface area contributed by atoms with Gasteiger partial charge in [-0.2, -0.15) is 0 Å². The highest BCUT2D eigenvalue weighted by Gasteiger charge is 2.12. The molecule has 3 rings (SSSR count). The molecule has 0 aliphatic carbocycles. The minimum Gasteiger partial charge on any atom is -0.497 e. The maximum Gasteiger partial charge on any atom is 0.310 e. The summed E-state index contributed by atoms with van der Waals surface area (Å²) >= 11 is 5.47. The minimum atomic E-state index is -0.104. The van der Waals surface area contributed by atoms with E-state index in [0.717, 1.165) is 22.6 Å². The first kappa shape index (κ1) is 16.5. The Labute approximate surface area is 148 Å². The summed E-state index contributed by atoms with van der Waals surface area (Å²) in [6.07, 6.45) is 0. The van der Waals surface area contributed by atoms with Crippen molar-refractivity contribution in [2.75, 3.05) is 7.11 Å². The average Bonchev–Trinajstić information content (AvgIpc) is 2.89. The Bertz CT molecular complexity index is 900. The molecule has 1 heterocycles. The van der Waals surface area contributed by atoms with E-state index in [1.165, 1.54) is 0 Å². The number of nitrogens with zero attached hydrogens (tertiary/aromatic N) is 3. The summed E-state index contributed by atoms with van der Waals surface area (Å²) in [5, 5.41) is 9.33. The van der Waals surface area contributed by atoms with Crippen LogP contribution in [0.15, 0.2) is 74.6 Å². The third kappa shape index (κ3) is 3.74. The molecule has 0 saturated heterocycles. The first-order chi connectivity index (χ1) is 11.7. The maximum atomic E-state index is 12.2. The van der Waals surface area contributed by atoms with Gasteiger partial charge in [0.2, 0.25) is 0 Å². The Hall–Kier alpha value is -2.38. The summed E-state index contributed by atoms with van der Waals surface area (Å²) < 4.78 is 6.69. The van der Waals surface area contributed by atoms with Crippen LogP contribution in [0.4, 0.5) is 10.7 Å². The van der Waals surface area contributed by atoms with Gasteiger partial charge >= 0.3 is 4.87 Å². The maximum absolute atomic E-state index is 12.2. The van der Waals surface area contributed by atoms with E-state index in [1.54, 1.807) is 35.9 Å². The largest absolute Gasteiger partial charge is 0.497 e. The van der Waals surface area contributed by atoms with Crippen LogP contribution in [-0.2, 0) is 6.54 Å². The lowest BCUT2D eigenvalue weighted by atomic mass is 10.2. The second-order valence-corrected chi connectivity index (χ2v) is 6.33. The molecular weight excluding hydrogens is 342 g/mol. The molecule has 0 spiro atoms. The van der Waals surface area contributed by atoms with Crippen LogP contribution in [0.2, 0.25) is 0 Å². The lowest BCUT2D eigenvalue weighted by Crippen LogP contribution is -2.14. The van der Waals surface area contributed by atoms with Gasteiger partial charge in [0.15, 0.2) is 5.00 Å². The molecule has 0 atom stereocenters. The van der Waals surface area contributed by atoms with Gasteiger partial charge in [0.1, 0.15) is 10.8 Å². The number of aromatic nitrogens is 1. The highest BCUT2D eigenvalue weighted by molar-refractivity contribution is 7.80. The van der Waals surface area contributed by atoms with Crippen LogP contribution in [0.25, 0.3) is 0 Å². The molecule has 3 aromatic rings. The second-order valence-electron chi connectivity index (χ2n) is 4.97. The first-order valence-electron chi connectivity index (χ1n) is 7.19. The third-order valence-electron chi connectivity index (χ3n) is 3.36. The normalized spacial score (nSPS) is 11.1. The molecule has 24 heavy (non-hydrogen) atoms. The number of rotatable bonds is 5. The number of thiol groups is 1. The molecule has 0 aliphatic heterocycles. The van der Waals surface area contributed by atoms with Gasteiger partial charge < -0.3 is 4.74 Å². The van der Waals surface area contributed by atoms with Gasteiger partial charge in [-0.25, -0.2) is 0 Å². The van der Waals surface area contributed by atoms with Crippen LogP contribution < -0.4 is 9.61 Å². The smallest absolute Gasteiger partial charge is 0.310 e. The SMILES string of the molecule is COc1ccc(N=Nc2sc(=O)n(Cc3ccccc3)c2S)cc1. The van der Waals surface area contributed by atoms with Crippen molar-refractivity contribution in [1.29, 1.82) is 0 Å². The van der Waals surface area contributed by atoms with Gasteiger partial charge in [-0.05, 0) is 29.8 Å². The van der Waals surface area contributed by atoms with Crippen molar-refractivity contribution in [3.05, 3.63) is 69.8 Å². The molecular formula is C17H15N3O2S2.